The summed E-state index contributed by atoms with van der Waals surface area (Å²) in [6.45, 7) is 2.75. The van der Waals surface area contributed by atoms with E-state index in [1.165, 1.54) is 101 Å². The highest BCUT2D eigenvalue weighted by Crippen LogP contribution is 2.43. The van der Waals surface area contributed by atoms with Crippen molar-refractivity contribution in [3.63, 3.8) is 0 Å². The summed E-state index contributed by atoms with van der Waals surface area (Å²) >= 11 is 1.39. The number of amides is 2. The number of sulfonamides is 2. The van der Waals surface area contributed by atoms with Gasteiger partial charge in [0, 0.05) is 11.9 Å². The van der Waals surface area contributed by atoms with Crippen LogP contribution in [0.2, 0.25) is 0 Å². The topological polar surface area (TPSA) is 121 Å². The van der Waals surface area contributed by atoms with Crippen molar-refractivity contribution in [1.29, 1.82) is 0 Å². The Labute approximate surface area is 287 Å². The Morgan fingerprint density at radius 3 is 1.77 bits per heavy atom. The third-order valence-corrected chi connectivity index (χ3v) is 13.1. The molecule has 1 heterocycles. The number of benzene rings is 2. The second-order valence-corrected chi connectivity index (χ2v) is 17.7. The van der Waals surface area contributed by atoms with Crippen LogP contribution in [0.3, 0.4) is 0 Å². The third kappa shape index (κ3) is 12.6. The molecule has 12 heteroatoms. The molecule has 0 radical (unpaired) electrons. The lowest BCUT2D eigenvalue weighted by Gasteiger charge is -2.27. The zero-order chi connectivity index (χ0) is 34.3. The second kappa shape index (κ2) is 19.6. The molecular formula is C35H55N3O6S3. The quantitative estimate of drug-likeness (QED) is 0.119. The fourth-order valence-corrected chi connectivity index (χ4v) is 10.5. The first-order chi connectivity index (χ1) is 22.4. The highest BCUT2D eigenvalue weighted by Gasteiger charge is 2.36. The summed E-state index contributed by atoms with van der Waals surface area (Å²) in [7, 11) is -8.28. The molecule has 1 unspecified atom stereocenters. The van der Waals surface area contributed by atoms with Gasteiger partial charge >= 0.3 is 0 Å². The summed E-state index contributed by atoms with van der Waals surface area (Å²) in [4.78, 5) is 27.3. The van der Waals surface area contributed by atoms with E-state index in [0.29, 0.717) is 26.6 Å². The number of nitrogens with one attached hydrogen (secondary N) is 1. The summed E-state index contributed by atoms with van der Waals surface area (Å²) in [5.41, 5.74) is 0.736. The number of nitrogens with zero attached hydrogens (tertiary/aromatic N) is 2. The molecule has 0 spiro atoms. The van der Waals surface area contributed by atoms with Crippen molar-refractivity contribution in [2.45, 2.75) is 115 Å². The summed E-state index contributed by atoms with van der Waals surface area (Å²) in [5, 5.41) is 3.54. The molecule has 0 aliphatic carbocycles. The third-order valence-electron chi connectivity index (χ3n) is 8.63. The zero-order valence-electron chi connectivity index (χ0n) is 28.5. The number of hydrogen-bond donors (Lipinski definition) is 1. The van der Waals surface area contributed by atoms with Gasteiger partial charge in [-0.2, -0.15) is 3.71 Å². The van der Waals surface area contributed by atoms with E-state index in [9.17, 15) is 26.4 Å². The van der Waals surface area contributed by atoms with E-state index < -0.39 is 25.4 Å². The van der Waals surface area contributed by atoms with Crippen molar-refractivity contribution in [2.24, 2.45) is 0 Å². The molecule has 2 aromatic carbocycles. The van der Waals surface area contributed by atoms with Crippen molar-refractivity contribution >= 4 is 60.1 Å². The van der Waals surface area contributed by atoms with Crippen LogP contribution in [-0.4, -0.2) is 64.9 Å². The second-order valence-electron chi connectivity index (χ2n) is 12.8. The lowest BCUT2D eigenvalue weighted by Crippen LogP contribution is -2.39. The van der Waals surface area contributed by atoms with E-state index in [2.05, 4.69) is 12.2 Å². The number of anilines is 1. The Morgan fingerprint density at radius 1 is 0.766 bits per heavy atom. The van der Waals surface area contributed by atoms with Gasteiger partial charge in [-0.1, -0.05) is 134 Å². The van der Waals surface area contributed by atoms with Crippen LogP contribution >= 0.6 is 11.8 Å². The number of carbonyl (C=O) groups is 2. The molecule has 1 aliphatic heterocycles. The monoisotopic (exact) mass is 709 g/mol. The first-order valence-corrected chi connectivity index (χ1v) is 22.1. The Balaban J connectivity index is 1.42. The van der Waals surface area contributed by atoms with Crippen LogP contribution in [0, 0.1) is 0 Å². The van der Waals surface area contributed by atoms with E-state index in [1.54, 1.807) is 35.2 Å². The number of rotatable bonds is 23. The van der Waals surface area contributed by atoms with E-state index in [-0.39, 0.29) is 29.8 Å². The molecule has 0 bridgehead atoms. The number of fused-ring (bicyclic) bond motifs is 1. The largest absolute Gasteiger partial charge is 0.355 e. The minimum absolute atomic E-state index is 0.0202. The number of carbonyl (C=O) groups excluding carboxylic acids is 2. The van der Waals surface area contributed by atoms with Gasteiger partial charge in [-0.15, -0.1) is 11.8 Å². The SMILES string of the molecule is CCCCCCCCCCCCCCCCCCNC(=O)CN1C(=O)CSC1c1ccc(N(S(C)(=O)=O)S(C)(=O)=O)c2ccccc12. The standard InChI is InChI=1S/C35H55N3O6S3/c1-4-5-6-7-8-9-10-11-12-13-14-15-16-17-18-21-26-36-33(39)27-37-34(40)28-45-35(37)31-24-25-32(30-23-20-19-22-29(30)31)38(46(2,41)42)47(3,43)44/h19-20,22-25,35H,4-18,21,26-28H2,1-3H3,(H,36,39). The Bertz CT molecular complexity index is 1480. The fourth-order valence-electron chi connectivity index (χ4n) is 6.28. The molecule has 2 amide bonds. The molecule has 9 nitrogen and oxygen atoms in total. The molecule has 0 saturated carbocycles. The molecule has 47 heavy (non-hydrogen) atoms. The van der Waals surface area contributed by atoms with Crippen LogP contribution < -0.4 is 9.03 Å². The smallest absolute Gasteiger partial charge is 0.245 e. The first kappa shape index (κ1) is 39.1. The van der Waals surface area contributed by atoms with Crippen LogP contribution in [0.5, 0.6) is 0 Å². The number of hydrogen-bond acceptors (Lipinski definition) is 7. The van der Waals surface area contributed by atoms with Gasteiger partial charge in [0.05, 0.1) is 24.0 Å². The molecule has 264 valence electrons. The van der Waals surface area contributed by atoms with E-state index in [4.69, 9.17) is 0 Å². The highest BCUT2D eigenvalue weighted by molar-refractivity contribution is 8.09. The van der Waals surface area contributed by atoms with Crippen LogP contribution in [0.25, 0.3) is 10.8 Å². The van der Waals surface area contributed by atoms with Crippen LogP contribution in [0.1, 0.15) is 121 Å². The molecule has 3 rings (SSSR count). The maximum atomic E-state index is 12.9. The summed E-state index contributed by atoms with van der Waals surface area (Å²) in [6, 6.07) is 10.0. The molecule has 1 N–H and O–H groups in total. The van der Waals surface area contributed by atoms with Crippen LogP contribution in [0.15, 0.2) is 36.4 Å². The summed E-state index contributed by atoms with van der Waals surface area (Å²) < 4.78 is 50.4. The van der Waals surface area contributed by atoms with Gasteiger partial charge < -0.3 is 10.2 Å². The van der Waals surface area contributed by atoms with Crippen molar-refractivity contribution < 1.29 is 26.4 Å². The van der Waals surface area contributed by atoms with Gasteiger partial charge in [0.15, 0.2) is 0 Å². The molecule has 2 aromatic rings. The molecular weight excluding hydrogens is 655 g/mol. The van der Waals surface area contributed by atoms with E-state index in [1.807, 2.05) is 0 Å². The number of thioether (sulfide) groups is 1. The normalized spacial score (nSPS) is 15.4. The first-order valence-electron chi connectivity index (χ1n) is 17.3. The maximum Gasteiger partial charge on any atom is 0.245 e. The minimum Gasteiger partial charge on any atom is -0.355 e. The van der Waals surface area contributed by atoms with Gasteiger partial charge in [0.25, 0.3) is 0 Å². The van der Waals surface area contributed by atoms with Gasteiger partial charge in [-0.3, -0.25) is 9.59 Å². The van der Waals surface area contributed by atoms with Gasteiger partial charge in [0.2, 0.25) is 31.9 Å². The van der Waals surface area contributed by atoms with Gasteiger partial charge in [-0.05, 0) is 23.4 Å². The van der Waals surface area contributed by atoms with Gasteiger partial charge in [-0.25, -0.2) is 16.8 Å². The molecule has 1 saturated heterocycles. The Kier molecular flexibility index (Phi) is 16.3. The molecule has 1 fully saturated rings. The number of unbranched alkanes of at least 4 members (excludes halogenated alkanes) is 15. The zero-order valence-corrected chi connectivity index (χ0v) is 31.0. The van der Waals surface area contributed by atoms with Crippen molar-refractivity contribution in [3.05, 3.63) is 42.0 Å². The Hall–Kier alpha value is -2.31. The van der Waals surface area contributed by atoms with E-state index in [0.717, 1.165) is 31.8 Å². The van der Waals surface area contributed by atoms with Gasteiger partial charge in [0.1, 0.15) is 11.9 Å². The molecule has 0 aromatic heterocycles. The van der Waals surface area contributed by atoms with Crippen LogP contribution in [-0.2, 0) is 29.6 Å². The molecule has 1 aliphatic rings. The maximum absolute atomic E-state index is 12.9. The summed E-state index contributed by atoms with van der Waals surface area (Å²) in [5.74, 6) is -0.154. The van der Waals surface area contributed by atoms with Crippen LogP contribution in [0.4, 0.5) is 5.69 Å². The average Bonchev–Trinajstić information content (AvgIpc) is 3.36. The molecule has 1 atom stereocenters. The summed E-state index contributed by atoms with van der Waals surface area (Å²) in [6.07, 6.45) is 22.3. The highest BCUT2D eigenvalue weighted by atomic mass is 32.3. The Morgan fingerprint density at radius 2 is 1.26 bits per heavy atom. The predicted molar refractivity (Wildman–Crippen MR) is 196 cm³/mol. The minimum atomic E-state index is -4.14. The lowest BCUT2D eigenvalue weighted by atomic mass is 10.0. The van der Waals surface area contributed by atoms with Crippen molar-refractivity contribution in [1.82, 2.24) is 10.2 Å². The average molecular weight is 710 g/mol. The fraction of sp³-hybridized carbons (Fsp3) is 0.657. The van der Waals surface area contributed by atoms with Crippen molar-refractivity contribution in [3.8, 4) is 0 Å². The van der Waals surface area contributed by atoms with E-state index >= 15 is 0 Å². The lowest BCUT2D eigenvalue weighted by molar-refractivity contribution is -0.133. The van der Waals surface area contributed by atoms with Crippen molar-refractivity contribution in [2.75, 3.05) is 35.1 Å². The predicted octanol–water partition coefficient (Wildman–Crippen LogP) is 7.52.